The van der Waals surface area contributed by atoms with Crippen molar-refractivity contribution >= 4 is 5.71 Å². The number of hydrogen-bond donors (Lipinski definition) is 0. The van der Waals surface area contributed by atoms with Gasteiger partial charge in [0, 0.05) is 11.1 Å². The minimum atomic E-state index is 0.640. The molecule has 0 aliphatic rings. The minimum Gasteiger partial charge on any atom is -0.248 e. The van der Waals surface area contributed by atoms with Crippen LogP contribution >= 0.6 is 0 Å². The van der Waals surface area contributed by atoms with Gasteiger partial charge in [-0.3, -0.25) is 0 Å². The third-order valence-electron chi connectivity index (χ3n) is 4.52. The van der Waals surface area contributed by atoms with Crippen molar-refractivity contribution in [2.45, 2.75) is 32.6 Å². The summed E-state index contributed by atoms with van der Waals surface area (Å²) in [6, 6.07) is 20.7. The van der Waals surface area contributed by atoms with E-state index in [1.165, 1.54) is 6.42 Å². The molecule has 0 N–H and O–H groups in total. The number of aliphatic imine (C=N–C) groups is 1. The monoisotopic (exact) mass is 369 g/mol. The smallest absolute Gasteiger partial charge is 0.0781 e. The molecule has 144 valence electrons. The first kappa shape index (κ1) is 21.4. The van der Waals surface area contributed by atoms with Gasteiger partial charge in [0.15, 0.2) is 0 Å². The molecule has 0 saturated carbocycles. The quantitative estimate of drug-likeness (QED) is 0.220. The normalized spacial score (nSPS) is 12.5. The van der Waals surface area contributed by atoms with Crippen LogP contribution in [0, 0.1) is 5.92 Å². The van der Waals surface area contributed by atoms with Crippen LogP contribution in [0.1, 0.15) is 43.7 Å². The minimum absolute atomic E-state index is 0.640. The summed E-state index contributed by atoms with van der Waals surface area (Å²) < 4.78 is 0. The molecule has 1 atom stereocenters. The van der Waals surface area contributed by atoms with Crippen LogP contribution < -0.4 is 0 Å². The fraction of sp³-hybridized carbons (Fsp3) is 0.222. The van der Waals surface area contributed by atoms with Gasteiger partial charge < -0.3 is 0 Å². The number of rotatable bonds is 11. The van der Waals surface area contributed by atoms with Crippen molar-refractivity contribution in [1.82, 2.24) is 0 Å². The lowest BCUT2D eigenvalue weighted by atomic mass is 10.0. The summed E-state index contributed by atoms with van der Waals surface area (Å²) in [7, 11) is 0. The van der Waals surface area contributed by atoms with E-state index in [1.54, 1.807) is 0 Å². The third kappa shape index (κ3) is 7.36. The van der Waals surface area contributed by atoms with Crippen molar-refractivity contribution in [3.8, 4) is 0 Å². The zero-order valence-corrected chi connectivity index (χ0v) is 16.9. The van der Waals surface area contributed by atoms with Crippen LogP contribution in [0.2, 0.25) is 0 Å². The molecule has 1 nitrogen and oxygen atoms in total. The van der Waals surface area contributed by atoms with Crippen molar-refractivity contribution in [2.24, 2.45) is 10.9 Å². The standard InChI is InChI=1S/C27H31N/c1-4-6-15-23(3)16-14-22-26(21-7-5-2)28-27(24-17-10-8-11-18-24)25-19-12-9-13-20-25/h4-5,8-14,17-23H,1-2,6-7,15-16H2,3H3/b22-14-,26-21+. The van der Waals surface area contributed by atoms with Gasteiger partial charge in [-0.1, -0.05) is 91.9 Å². The zero-order valence-electron chi connectivity index (χ0n) is 16.9. The number of allylic oxidation sites excluding steroid dienone is 5. The Morgan fingerprint density at radius 3 is 2.07 bits per heavy atom. The maximum Gasteiger partial charge on any atom is 0.0781 e. The Hall–Kier alpha value is -2.93. The summed E-state index contributed by atoms with van der Waals surface area (Å²) in [5, 5.41) is 0. The molecule has 0 radical (unpaired) electrons. The summed E-state index contributed by atoms with van der Waals surface area (Å²) in [5.41, 5.74) is 4.19. The summed E-state index contributed by atoms with van der Waals surface area (Å²) >= 11 is 0. The van der Waals surface area contributed by atoms with Gasteiger partial charge in [0.25, 0.3) is 0 Å². The zero-order chi connectivity index (χ0) is 20.0. The number of nitrogens with zero attached hydrogens (tertiary/aromatic N) is 1. The largest absolute Gasteiger partial charge is 0.248 e. The Balaban J connectivity index is 2.32. The second-order valence-electron chi connectivity index (χ2n) is 6.96. The fourth-order valence-corrected chi connectivity index (χ4v) is 2.91. The Morgan fingerprint density at radius 2 is 1.54 bits per heavy atom. The van der Waals surface area contributed by atoms with E-state index in [2.05, 4.69) is 86.8 Å². The van der Waals surface area contributed by atoms with Gasteiger partial charge in [0.2, 0.25) is 0 Å². The molecule has 0 spiro atoms. The van der Waals surface area contributed by atoms with E-state index in [0.29, 0.717) is 5.92 Å². The molecule has 0 heterocycles. The molecule has 0 saturated heterocycles. The van der Waals surface area contributed by atoms with Crippen LogP contribution in [0.3, 0.4) is 0 Å². The summed E-state index contributed by atoms with van der Waals surface area (Å²) in [4.78, 5) is 5.04. The van der Waals surface area contributed by atoms with Crippen LogP contribution in [0.25, 0.3) is 0 Å². The van der Waals surface area contributed by atoms with E-state index in [-0.39, 0.29) is 0 Å². The first-order chi connectivity index (χ1) is 13.7. The van der Waals surface area contributed by atoms with Crippen molar-refractivity contribution in [1.29, 1.82) is 0 Å². The molecule has 2 rings (SSSR count). The van der Waals surface area contributed by atoms with Gasteiger partial charge in [0.1, 0.15) is 0 Å². The maximum atomic E-state index is 5.04. The molecule has 1 unspecified atom stereocenters. The van der Waals surface area contributed by atoms with Crippen LogP contribution in [0.15, 0.2) is 115 Å². The molecule has 0 fully saturated rings. The highest BCUT2D eigenvalue weighted by Crippen LogP contribution is 2.16. The lowest BCUT2D eigenvalue weighted by Crippen LogP contribution is -2.03. The molecule has 2 aromatic carbocycles. The van der Waals surface area contributed by atoms with E-state index < -0.39 is 0 Å². The molecule has 0 aromatic heterocycles. The van der Waals surface area contributed by atoms with Crippen LogP contribution in [-0.2, 0) is 0 Å². The van der Waals surface area contributed by atoms with E-state index in [4.69, 9.17) is 4.99 Å². The molecule has 0 aliphatic heterocycles. The predicted molar refractivity (Wildman–Crippen MR) is 124 cm³/mol. The van der Waals surface area contributed by atoms with Crippen molar-refractivity contribution in [2.75, 3.05) is 0 Å². The average Bonchev–Trinajstić information content (AvgIpc) is 2.75. The predicted octanol–water partition coefficient (Wildman–Crippen LogP) is 7.53. The van der Waals surface area contributed by atoms with Gasteiger partial charge in [-0.05, 0) is 37.7 Å². The highest BCUT2D eigenvalue weighted by atomic mass is 14.8. The Bertz CT molecular complexity index is 768. The molecule has 2 aromatic rings. The van der Waals surface area contributed by atoms with Crippen LogP contribution in [0.5, 0.6) is 0 Å². The number of hydrogen-bond acceptors (Lipinski definition) is 1. The van der Waals surface area contributed by atoms with E-state index in [9.17, 15) is 0 Å². The molecule has 0 bridgehead atoms. The molecule has 0 aliphatic carbocycles. The van der Waals surface area contributed by atoms with Gasteiger partial charge in [0.05, 0.1) is 11.4 Å². The average molecular weight is 370 g/mol. The summed E-state index contributed by atoms with van der Waals surface area (Å²) in [6.45, 7) is 9.94. The molecule has 1 heteroatoms. The SMILES string of the molecule is C=CC/C=C(\C=C/CC(C)CCC=C)N=C(c1ccccc1)c1ccccc1. The lowest BCUT2D eigenvalue weighted by Gasteiger charge is -2.09. The maximum absolute atomic E-state index is 5.04. The highest BCUT2D eigenvalue weighted by molar-refractivity contribution is 6.13. The Kier molecular flexibility index (Phi) is 9.51. The van der Waals surface area contributed by atoms with Crippen LogP contribution in [0.4, 0.5) is 0 Å². The second kappa shape index (κ2) is 12.5. The first-order valence-corrected chi connectivity index (χ1v) is 10.0. The fourth-order valence-electron chi connectivity index (χ4n) is 2.91. The topological polar surface area (TPSA) is 12.4 Å². The van der Waals surface area contributed by atoms with E-state index in [1.807, 2.05) is 24.3 Å². The van der Waals surface area contributed by atoms with Gasteiger partial charge in [-0.2, -0.15) is 0 Å². The molecular formula is C27H31N. The van der Waals surface area contributed by atoms with Gasteiger partial charge in [-0.15, -0.1) is 13.2 Å². The Morgan fingerprint density at radius 1 is 0.929 bits per heavy atom. The first-order valence-electron chi connectivity index (χ1n) is 10.0. The summed E-state index contributed by atoms with van der Waals surface area (Å²) in [6.07, 6.45) is 14.5. The lowest BCUT2D eigenvalue weighted by molar-refractivity contribution is 0.546. The van der Waals surface area contributed by atoms with Gasteiger partial charge >= 0.3 is 0 Å². The molecular weight excluding hydrogens is 338 g/mol. The Labute approximate surface area is 170 Å². The van der Waals surface area contributed by atoms with Crippen molar-refractivity contribution in [3.63, 3.8) is 0 Å². The molecule has 0 amide bonds. The van der Waals surface area contributed by atoms with Crippen LogP contribution in [-0.4, -0.2) is 5.71 Å². The van der Waals surface area contributed by atoms with Crippen molar-refractivity contribution < 1.29 is 0 Å². The summed E-state index contributed by atoms with van der Waals surface area (Å²) in [5.74, 6) is 0.640. The molecule has 28 heavy (non-hydrogen) atoms. The highest BCUT2D eigenvalue weighted by Gasteiger charge is 2.07. The van der Waals surface area contributed by atoms with E-state index in [0.717, 1.165) is 41.8 Å². The third-order valence-corrected chi connectivity index (χ3v) is 4.52. The van der Waals surface area contributed by atoms with Crippen molar-refractivity contribution in [3.05, 3.63) is 121 Å². The second-order valence-corrected chi connectivity index (χ2v) is 6.96. The van der Waals surface area contributed by atoms with E-state index >= 15 is 0 Å². The van der Waals surface area contributed by atoms with Gasteiger partial charge in [-0.25, -0.2) is 4.99 Å². The number of benzene rings is 2.